The number of rotatable bonds is 3. The predicted molar refractivity (Wildman–Crippen MR) is 81.7 cm³/mol. The normalized spacial score (nSPS) is 17.3. The highest BCUT2D eigenvalue weighted by Gasteiger charge is 2.25. The van der Waals surface area contributed by atoms with Crippen molar-refractivity contribution in [2.24, 2.45) is 0 Å². The van der Waals surface area contributed by atoms with Crippen molar-refractivity contribution in [3.63, 3.8) is 0 Å². The van der Waals surface area contributed by atoms with Crippen molar-refractivity contribution in [2.75, 3.05) is 12.4 Å². The monoisotopic (exact) mass is 293 g/mol. The topological polar surface area (TPSA) is 21.3 Å². The first-order valence-corrected chi connectivity index (χ1v) is 7.56. The second kappa shape index (κ2) is 5.06. The molecule has 1 atom stereocenters. The number of hydrogen-bond acceptors (Lipinski definition) is 3. The molecule has 0 amide bonds. The highest BCUT2D eigenvalue weighted by molar-refractivity contribution is 7.16. The molecule has 1 heterocycles. The number of thiophene rings is 1. The lowest BCUT2D eigenvalue weighted by Crippen LogP contribution is -2.07. The number of methoxy groups -OCH3 is 1. The van der Waals surface area contributed by atoms with Crippen molar-refractivity contribution in [3.05, 3.63) is 44.6 Å². The van der Waals surface area contributed by atoms with Crippen LogP contribution in [0.2, 0.25) is 4.34 Å². The van der Waals surface area contributed by atoms with Crippen LogP contribution >= 0.6 is 22.9 Å². The van der Waals surface area contributed by atoms with Gasteiger partial charge >= 0.3 is 0 Å². The largest absolute Gasteiger partial charge is 0.497 e. The van der Waals surface area contributed by atoms with Gasteiger partial charge in [-0.15, -0.1) is 11.3 Å². The van der Waals surface area contributed by atoms with Crippen LogP contribution in [0.4, 0.5) is 5.69 Å². The van der Waals surface area contributed by atoms with E-state index in [0.29, 0.717) is 6.04 Å². The number of ether oxygens (including phenoxy) is 1. The molecule has 1 N–H and O–H groups in total. The zero-order chi connectivity index (χ0) is 13.4. The summed E-state index contributed by atoms with van der Waals surface area (Å²) in [6.45, 7) is 2.10. The van der Waals surface area contributed by atoms with Crippen LogP contribution in [0.3, 0.4) is 0 Å². The van der Waals surface area contributed by atoms with Crippen LogP contribution in [0.15, 0.2) is 24.3 Å². The molecular formula is C15H16ClNOS. The molecule has 100 valence electrons. The third-order valence-electron chi connectivity index (χ3n) is 3.61. The highest BCUT2D eigenvalue weighted by Crippen LogP contribution is 2.41. The third kappa shape index (κ3) is 2.45. The third-order valence-corrected chi connectivity index (χ3v) is 4.95. The van der Waals surface area contributed by atoms with Crippen molar-refractivity contribution in [3.8, 4) is 5.75 Å². The zero-order valence-corrected chi connectivity index (χ0v) is 12.6. The minimum atomic E-state index is 0.380. The van der Waals surface area contributed by atoms with E-state index in [2.05, 4.69) is 30.4 Å². The van der Waals surface area contributed by atoms with Gasteiger partial charge in [0.05, 0.1) is 17.5 Å². The van der Waals surface area contributed by atoms with Crippen molar-refractivity contribution < 1.29 is 4.74 Å². The SMILES string of the molecule is COc1ccc(NC2CCc3sc(Cl)cc32)c(C)c1. The number of benzene rings is 1. The summed E-state index contributed by atoms with van der Waals surface area (Å²) >= 11 is 7.80. The molecule has 0 spiro atoms. The van der Waals surface area contributed by atoms with E-state index in [1.165, 1.54) is 21.7 Å². The molecule has 4 heteroatoms. The van der Waals surface area contributed by atoms with Gasteiger partial charge < -0.3 is 10.1 Å². The van der Waals surface area contributed by atoms with E-state index in [-0.39, 0.29) is 0 Å². The van der Waals surface area contributed by atoms with Crippen LogP contribution in [0.1, 0.15) is 28.5 Å². The first kappa shape index (κ1) is 12.8. The van der Waals surface area contributed by atoms with E-state index in [4.69, 9.17) is 16.3 Å². The molecule has 0 saturated carbocycles. The van der Waals surface area contributed by atoms with E-state index in [9.17, 15) is 0 Å². The molecule has 0 radical (unpaired) electrons. The fourth-order valence-electron chi connectivity index (χ4n) is 2.59. The van der Waals surface area contributed by atoms with E-state index in [1.54, 1.807) is 18.4 Å². The van der Waals surface area contributed by atoms with Crippen molar-refractivity contribution in [1.29, 1.82) is 0 Å². The Balaban J connectivity index is 1.83. The zero-order valence-electron chi connectivity index (χ0n) is 11.0. The van der Waals surface area contributed by atoms with Gasteiger partial charge in [0.15, 0.2) is 0 Å². The molecule has 1 aliphatic rings. The molecule has 0 fully saturated rings. The number of aryl methyl sites for hydroxylation is 2. The van der Waals surface area contributed by atoms with Crippen LogP contribution in [0.5, 0.6) is 5.75 Å². The van der Waals surface area contributed by atoms with E-state index < -0.39 is 0 Å². The summed E-state index contributed by atoms with van der Waals surface area (Å²) in [5.41, 5.74) is 3.74. The van der Waals surface area contributed by atoms with E-state index >= 15 is 0 Å². The maximum absolute atomic E-state index is 6.09. The molecule has 19 heavy (non-hydrogen) atoms. The van der Waals surface area contributed by atoms with Crippen LogP contribution in [-0.2, 0) is 6.42 Å². The first-order chi connectivity index (χ1) is 9.17. The standard InChI is InChI=1S/C15H16ClNOS/c1-9-7-10(18-2)3-4-12(9)17-13-5-6-14-11(13)8-15(16)19-14/h3-4,7-8,13,17H,5-6H2,1-2H3. The summed E-state index contributed by atoms with van der Waals surface area (Å²) < 4.78 is 6.13. The summed E-state index contributed by atoms with van der Waals surface area (Å²) in [6.07, 6.45) is 2.27. The molecule has 1 aliphatic carbocycles. The summed E-state index contributed by atoms with van der Waals surface area (Å²) in [7, 11) is 1.69. The quantitative estimate of drug-likeness (QED) is 0.876. The van der Waals surface area contributed by atoms with Gasteiger partial charge in [0.2, 0.25) is 0 Å². The molecule has 0 aliphatic heterocycles. The average Bonchev–Trinajstić information content (AvgIpc) is 2.92. The van der Waals surface area contributed by atoms with Crippen LogP contribution in [0, 0.1) is 6.92 Å². The Morgan fingerprint density at radius 3 is 2.95 bits per heavy atom. The second-order valence-electron chi connectivity index (χ2n) is 4.85. The molecule has 0 bridgehead atoms. The summed E-state index contributed by atoms with van der Waals surface area (Å²) in [4.78, 5) is 1.42. The molecule has 1 aromatic heterocycles. The maximum Gasteiger partial charge on any atom is 0.119 e. The summed E-state index contributed by atoms with van der Waals surface area (Å²) in [5.74, 6) is 0.897. The Kier molecular flexibility index (Phi) is 3.42. The maximum atomic E-state index is 6.09. The number of halogens is 1. The average molecular weight is 294 g/mol. The van der Waals surface area contributed by atoms with Crippen molar-refractivity contribution >= 4 is 28.6 Å². The molecule has 3 rings (SSSR count). The van der Waals surface area contributed by atoms with Gasteiger partial charge in [0.25, 0.3) is 0 Å². The number of nitrogens with one attached hydrogen (secondary N) is 1. The van der Waals surface area contributed by atoms with Gasteiger partial charge in [0.1, 0.15) is 5.75 Å². The predicted octanol–water partition coefficient (Wildman–Crippen LogP) is 4.82. The Morgan fingerprint density at radius 2 is 2.21 bits per heavy atom. The van der Waals surface area contributed by atoms with E-state index in [0.717, 1.165) is 22.9 Å². The van der Waals surface area contributed by atoms with Gasteiger partial charge in [-0.1, -0.05) is 11.6 Å². The molecule has 0 saturated heterocycles. The number of hydrogen-bond donors (Lipinski definition) is 1. The smallest absolute Gasteiger partial charge is 0.119 e. The van der Waals surface area contributed by atoms with Gasteiger partial charge in [-0.05, 0) is 55.2 Å². The molecule has 1 unspecified atom stereocenters. The van der Waals surface area contributed by atoms with E-state index in [1.807, 2.05) is 6.07 Å². The Morgan fingerprint density at radius 1 is 1.37 bits per heavy atom. The lowest BCUT2D eigenvalue weighted by Gasteiger charge is -2.17. The molecule has 1 aromatic carbocycles. The fourth-order valence-corrected chi connectivity index (χ4v) is 3.95. The highest BCUT2D eigenvalue weighted by atomic mass is 35.5. The van der Waals surface area contributed by atoms with Gasteiger partial charge in [0, 0.05) is 10.6 Å². The van der Waals surface area contributed by atoms with Crippen LogP contribution < -0.4 is 10.1 Å². The Hall–Kier alpha value is -1.19. The van der Waals surface area contributed by atoms with Gasteiger partial charge in [-0.3, -0.25) is 0 Å². The lowest BCUT2D eigenvalue weighted by atomic mass is 10.1. The van der Waals surface area contributed by atoms with Gasteiger partial charge in [-0.2, -0.15) is 0 Å². The Bertz CT molecular complexity index is 608. The number of fused-ring (bicyclic) bond motifs is 1. The fraction of sp³-hybridized carbons (Fsp3) is 0.333. The molecule has 2 nitrogen and oxygen atoms in total. The van der Waals surface area contributed by atoms with Crippen molar-refractivity contribution in [1.82, 2.24) is 0 Å². The van der Waals surface area contributed by atoms with Crippen molar-refractivity contribution in [2.45, 2.75) is 25.8 Å². The molecule has 2 aromatic rings. The second-order valence-corrected chi connectivity index (χ2v) is 6.61. The van der Waals surface area contributed by atoms with Crippen LogP contribution in [0.25, 0.3) is 0 Å². The minimum Gasteiger partial charge on any atom is -0.497 e. The van der Waals surface area contributed by atoms with Crippen LogP contribution in [-0.4, -0.2) is 7.11 Å². The van der Waals surface area contributed by atoms with Gasteiger partial charge in [-0.25, -0.2) is 0 Å². The summed E-state index contributed by atoms with van der Waals surface area (Å²) in [5, 5.41) is 3.62. The number of anilines is 1. The Labute approximate surface area is 122 Å². The lowest BCUT2D eigenvalue weighted by molar-refractivity contribution is 0.414. The minimum absolute atomic E-state index is 0.380. The first-order valence-electron chi connectivity index (χ1n) is 6.36. The molecular weight excluding hydrogens is 278 g/mol. The summed E-state index contributed by atoms with van der Waals surface area (Å²) in [6, 6.07) is 8.61.